The number of fused-ring (bicyclic) bond motifs is 1. The van der Waals surface area contributed by atoms with Gasteiger partial charge in [-0.2, -0.15) is 9.97 Å². The van der Waals surface area contributed by atoms with Gasteiger partial charge in [0.1, 0.15) is 35.5 Å². The summed E-state index contributed by atoms with van der Waals surface area (Å²) in [5.41, 5.74) is -0.294. The lowest BCUT2D eigenvalue weighted by atomic mass is 10.1. The predicted octanol–water partition coefficient (Wildman–Crippen LogP) is 3.86. The van der Waals surface area contributed by atoms with Crippen LogP contribution in [0, 0.1) is 18.2 Å². The lowest BCUT2D eigenvalue weighted by molar-refractivity contribution is -0.131. The lowest BCUT2D eigenvalue weighted by Gasteiger charge is -2.39. The summed E-state index contributed by atoms with van der Waals surface area (Å²) in [5.74, 6) is -3.12. The smallest absolute Gasteiger partial charge is 0.319 e. The number of aromatic nitrogens is 3. The molecule has 9 nitrogen and oxygen atoms in total. The quantitative estimate of drug-likeness (QED) is 0.326. The van der Waals surface area contributed by atoms with Gasteiger partial charge in [0.15, 0.2) is 11.6 Å². The van der Waals surface area contributed by atoms with Gasteiger partial charge in [0, 0.05) is 37.4 Å². The number of ether oxygens (including phenoxy) is 1. The summed E-state index contributed by atoms with van der Waals surface area (Å²) < 4.78 is 50.2. The Morgan fingerprint density at radius 1 is 1.20 bits per heavy atom. The zero-order valence-electron chi connectivity index (χ0n) is 22.0. The van der Waals surface area contributed by atoms with Crippen molar-refractivity contribution >= 4 is 22.6 Å². The van der Waals surface area contributed by atoms with Crippen LogP contribution in [0.2, 0.25) is 0 Å². The van der Waals surface area contributed by atoms with Crippen LogP contribution in [0.3, 0.4) is 0 Å². The molecule has 12 heteroatoms. The first-order chi connectivity index (χ1) is 19.3. The molecule has 2 saturated heterocycles. The fraction of sp³-hybridized carbons (Fsp3) is 0.393. The Morgan fingerprint density at radius 3 is 2.70 bits per heavy atom. The maximum absolute atomic E-state index is 16.0. The van der Waals surface area contributed by atoms with Gasteiger partial charge < -0.3 is 24.3 Å². The largest absolute Gasteiger partial charge is 0.462 e. The molecule has 2 aromatic heterocycles. The number of carbonyl (C=O) groups is 1. The normalized spacial score (nSPS) is 19.6. The highest BCUT2D eigenvalue weighted by Gasteiger charge is 2.35. The number of amides is 1. The summed E-state index contributed by atoms with van der Waals surface area (Å²) in [6, 6.07) is 5.21. The van der Waals surface area contributed by atoms with E-state index in [2.05, 4.69) is 31.3 Å². The van der Waals surface area contributed by atoms with Crippen LogP contribution in [0.25, 0.3) is 27.0 Å². The van der Waals surface area contributed by atoms with Crippen LogP contribution in [0.15, 0.2) is 42.9 Å². The van der Waals surface area contributed by atoms with E-state index in [1.54, 1.807) is 11.0 Å². The van der Waals surface area contributed by atoms with Crippen LogP contribution in [-0.2, 0) is 4.79 Å². The van der Waals surface area contributed by atoms with Crippen LogP contribution in [0.5, 0.6) is 6.01 Å². The molecule has 0 N–H and O–H groups in total. The Hall–Kier alpha value is -4.24. The highest BCUT2D eigenvalue weighted by molar-refractivity contribution is 5.93. The second kappa shape index (κ2) is 11.5. The van der Waals surface area contributed by atoms with Crippen LogP contribution in [-0.4, -0.2) is 89.1 Å². The van der Waals surface area contributed by atoms with Crippen molar-refractivity contribution in [3.63, 3.8) is 0 Å². The van der Waals surface area contributed by atoms with Crippen LogP contribution < -0.4 is 9.64 Å². The molecule has 2 aliphatic rings. The average molecular weight is 552 g/mol. The molecule has 4 heterocycles. The molecule has 1 amide bonds. The van der Waals surface area contributed by atoms with Crippen molar-refractivity contribution in [2.45, 2.75) is 24.9 Å². The van der Waals surface area contributed by atoms with Gasteiger partial charge in [-0.1, -0.05) is 18.7 Å². The van der Waals surface area contributed by atoms with Gasteiger partial charge in [0.2, 0.25) is 6.54 Å². The minimum Gasteiger partial charge on any atom is -0.462 e. The summed E-state index contributed by atoms with van der Waals surface area (Å²) in [6.07, 6.45) is 3.37. The molecule has 5 rings (SSSR count). The molecule has 0 aliphatic carbocycles. The van der Waals surface area contributed by atoms with E-state index in [1.807, 2.05) is 7.05 Å². The highest BCUT2D eigenvalue weighted by Crippen LogP contribution is 2.34. The van der Waals surface area contributed by atoms with E-state index in [4.69, 9.17) is 11.3 Å². The molecule has 0 bridgehead atoms. The maximum atomic E-state index is 16.0. The monoisotopic (exact) mass is 551 g/mol. The number of rotatable bonds is 7. The fourth-order valence-corrected chi connectivity index (χ4v) is 5.26. The first-order valence-electron chi connectivity index (χ1n) is 13.0. The molecule has 208 valence electrons. The molecule has 0 saturated carbocycles. The van der Waals surface area contributed by atoms with E-state index < -0.39 is 29.4 Å². The van der Waals surface area contributed by atoms with E-state index in [0.717, 1.165) is 19.4 Å². The molecule has 3 aromatic rings. The standard InChI is InChI=1S/C28H28F3N7O2/c1-17(29)27(39)38-12-11-37(15-19(38)13-32-2)26-21-14-33-24(20-8-4-5-9-22(20)30)23(31)25(21)34-28(35-26)40-16-18-7-6-10-36(18)3/h4-5,8-9,14,18-19H,1,6-7,10-13,15-16H2,3H3/t18-,19-/m0/s1. The predicted molar refractivity (Wildman–Crippen MR) is 143 cm³/mol. The summed E-state index contributed by atoms with van der Waals surface area (Å²) >= 11 is 0. The third kappa shape index (κ3) is 5.29. The molecule has 0 spiro atoms. The first kappa shape index (κ1) is 27.3. The number of anilines is 1. The number of nitrogens with zero attached hydrogens (tertiary/aromatic N) is 7. The minimum absolute atomic E-state index is 0.00666. The summed E-state index contributed by atoms with van der Waals surface area (Å²) in [4.78, 5) is 34.2. The lowest BCUT2D eigenvalue weighted by Crippen LogP contribution is -2.56. The molecule has 0 unspecified atom stereocenters. The summed E-state index contributed by atoms with van der Waals surface area (Å²) in [5, 5.41) is 0.263. The highest BCUT2D eigenvalue weighted by atomic mass is 19.1. The second-order valence-corrected chi connectivity index (χ2v) is 9.92. The third-order valence-corrected chi connectivity index (χ3v) is 7.43. The van der Waals surface area contributed by atoms with Gasteiger partial charge in [-0.05, 0) is 38.6 Å². The summed E-state index contributed by atoms with van der Waals surface area (Å²) in [6.45, 7) is 12.1. The van der Waals surface area contributed by atoms with Crippen molar-refractivity contribution in [2.24, 2.45) is 0 Å². The second-order valence-electron chi connectivity index (χ2n) is 9.92. The van der Waals surface area contributed by atoms with Crippen LogP contribution in [0.1, 0.15) is 12.8 Å². The van der Waals surface area contributed by atoms with Crippen LogP contribution >= 0.6 is 0 Å². The number of halogens is 3. The van der Waals surface area contributed by atoms with E-state index in [1.165, 1.54) is 29.3 Å². The molecule has 2 fully saturated rings. The van der Waals surface area contributed by atoms with Crippen molar-refractivity contribution in [2.75, 3.05) is 51.3 Å². The van der Waals surface area contributed by atoms with Crippen molar-refractivity contribution in [3.05, 3.63) is 65.9 Å². The number of pyridine rings is 1. The van der Waals surface area contributed by atoms with Gasteiger partial charge in [-0.15, -0.1) is 0 Å². The van der Waals surface area contributed by atoms with Gasteiger partial charge in [0.05, 0.1) is 5.39 Å². The van der Waals surface area contributed by atoms with Crippen molar-refractivity contribution in [1.29, 1.82) is 0 Å². The first-order valence-corrected chi connectivity index (χ1v) is 13.0. The molecular weight excluding hydrogens is 523 g/mol. The van der Waals surface area contributed by atoms with E-state index in [9.17, 15) is 13.6 Å². The molecular formula is C28H28F3N7O2. The van der Waals surface area contributed by atoms with Gasteiger partial charge in [-0.3, -0.25) is 9.78 Å². The zero-order valence-corrected chi connectivity index (χ0v) is 22.0. The van der Waals surface area contributed by atoms with Crippen molar-refractivity contribution in [1.82, 2.24) is 24.8 Å². The number of likely N-dealkylation sites (tertiary alicyclic amines) is 1. The van der Waals surface area contributed by atoms with E-state index >= 15 is 4.39 Å². The Kier molecular flexibility index (Phi) is 7.84. The maximum Gasteiger partial charge on any atom is 0.319 e. The Balaban J connectivity index is 1.56. The SMILES string of the molecule is [C-]#[N+]C[C@H]1CN(c2nc(OC[C@@H]3CCCN3C)nc3c(F)c(-c4ccccc4F)ncc23)CCN1C(=O)C(=C)F. The summed E-state index contributed by atoms with van der Waals surface area (Å²) in [7, 11) is 2.00. The molecule has 40 heavy (non-hydrogen) atoms. The van der Waals surface area contributed by atoms with Gasteiger partial charge in [0.25, 0.3) is 5.91 Å². The number of carbonyl (C=O) groups excluding carboxylic acids is 1. The van der Waals surface area contributed by atoms with Crippen LogP contribution in [0.4, 0.5) is 19.0 Å². The Bertz CT molecular complexity index is 1490. The van der Waals surface area contributed by atoms with Gasteiger partial charge >= 0.3 is 6.01 Å². The minimum atomic E-state index is -1.10. The van der Waals surface area contributed by atoms with E-state index in [-0.39, 0.29) is 60.4 Å². The van der Waals surface area contributed by atoms with Gasteiger partial charge in [-0.25, -0.2) is 19.7 Å². The fourth-order valence-electron chi connectivity index (χ4n) is 5.26. The Morgan fingerprint density at radius 2 is 2.00 bits per heavy atom. The number of hydrogen-bond donors (Lipinski definition) is 0. The topological polar surface area (TPSA) is 79.1 Å². The molecule has 0 radical (unpaired) electrons. The zero-order chi connectivity index (χ0) is 28.4. The number of likely N-dealkylation sites (N-methyl/N-ethyl adjacent to an activating group) is 1. The third-order valence-electron chi connectivity index (χ3n) is 7.43. The number of hydrogen-bond acceptors (Lipinski definition) is 7. The van der Waals surface area contributed by atoms with Crippen molar-refractivity contribution < 1.29 is 22.7 Å². The molecule has 2 atom stereocenters. The van der Waals surface area contributed by atoms with E-state index in [0.29, 0.717) is 12.4 Å². The Labute approximate surface area is 229 Å². The van der Waals surface area contributed by atoms with Crippen molar-refractivity contribution in [3.8, 4) is 17.3 Å². The number of benzene rings is 1. The number of piperazine rings is 1. The average Bonchev–Trinajstić information content (AvgIpc) is 3.36. The molecule has 2 aliphatic heterocycles. The molecule has 1 aromatic carbocycles.